The Bertz CT molecular complexity index is 326. The smallest absolute Gasteiger partial charge is 0.410 e. The third kappa shape index (κ3) is 3.92. The molecule has 4 nitrogen and oxygen atoms in total. The van der Waals surface area contributed by atoms with Gasteiger partial charge in [-0.1, -0.05) is 0 Å². The molecule has 0 saturated carbocycles. The molecule has 1 fully saturated rings. The summed E-state index contributed by atoms with van der Waals surface area (Å²) in [6.07, 6.45) is -0.284. The molecule has 6 heteroatoms. The van der Waals surface area contributed by atoms with Crippen molar-refractivity contribution in [1.82, 2.24) is 4.90 Å². The largest absolute Gasteiger partial charge is 0.444 e. The van der Waals surface area contributed by atoms with E-state index in [2.05, 4.69) is 0 Å². The minimum Gasteiger partial charge on any atom is -0.444 e. The summed E-state index contributed by atoms with van der Waals surface area (Å²) in [6.45, 7) is 4.57. The topological polar surface area (TPSA) is 46.6 Å². The summed E-state index contributed by atoms with van der Waals surface area (Å²) in [7, 11) is 0. The third-order valence-corrected chi connectivity index (χ3v) is 2.78. The third-order valence-electron chi connectivity index (χ3n) is 2.78. The van der Waals surface area contributed by atoms with Crippen LogP contribution >= 0.6 is 0 Å². The van der Waals surface area contributed by atoms with Crippen molar-refractivity contribution in [3.63, 3.8) is 0 Å². The summed E-state index contributed by atoms with van der Waals surface area (Å²) in [5.74, 6) is -4.01. The molecule has 0 aromatic rings. The summed E-state index contributed by atoms with van der Waals surface area (Å²) in [4.78, 5) is 23.0. The average Bonchev–Trinajstić information content (AvgIpc) is 2.18. The fourth-order valence-electron chi connectivity index (χ4n) is 1.87. The lowest BCUT2D eigenvalue weighted by Gasteiger charge is -2.38. The van der Waals surface area contributed by atoms with E-state index in [1.165, 1.54) is 0 Å². The Morgan fingerprint density at radius 3 is 2.56 bits per heavy atom. The van der Waals surface area contributed by atoms with Crippen molar-refractivity contribution < 1.29 is 23.1 Å². The molecular weight excluding hydrogens is 244 g/mol. The monoisotopic (exact) mass is 263 g/mol. The van der Waals surface area contributed by atoms with Gasteiger partial charge in [0, 0.05) is 18.9 Å². The molecule has 0 aromatic heterocycles. The summed E-state index contributed by atoms with van der Waals surface area (Å²) in [6, 6.07) is 0. The molecular formula is C12H19F2NO3. The summed E-state index contributed by atoms with van der Waals surface area (Å²) in [5.41, 5.74) is -0.702. The van der Waals surface area contributed by atoms with Gasteiger partial charge in [-0.2, -0.15) is 0 Å². The van der Waals surface area contributed by atoms with Crippen LogP contribution in [0.5, 0.6) is 0 Å². The molecule has 0 N–H and O–H groups in total. The maximum atomic E-state index is 13.7. The Hall–Kier alpha value is -1.20. The van der Waals surface area contributed by atoms with E-state index in [4.69, 9.17) is 4.74 Å². The molecule has 0 aromatic carbocycles. The minimum absolute atomic E-state index is 0.116. The maximum Gasteiger partial charge on any atom is 0.410 e. The number of ether oxygens (including phenoxy) is 1. The highest BCUT2D eigenvalue weighted by atomic mass is 19.3. The second-order valence-electron chi connectivity index (χ2n) is 5.55. The number of carbonyl (C=O) groups is 2. The van der Waals surface area contributed by atoms with Crippen molar-refractivity contribution in [1.29, 1.82) is 0 Å². The zero-order chi connectivity index (χ0) is 14.0. The molecule has 0 aliphatic carbocycles. The number of alkyl halides is 2. The fourth-order valence-corrected chi connectivity index (χ4v) is 1.87. The summed E-state index contributed by atoms with van der Waals surface area (Å²) >= 11 is 0. The summed E-state index contributed by atoms with van der Waals surface area (Å²) in [5, 5.41) is 0. The molecule has 1 aliphatic heterocycles. The lowest BCUT2D eigenvalue weighted by Crippen LogP contribution is -2.51. The SMILES string of the molecule is CC(C)(C)OC(=O)N1CCC(CC=O)C(F)(F)C1. The van der Waals surface area contributed by atoms with Crippen molar-refractivity contribution in [2.24, 2.45) is 5.92 Å². The number of likely N-dealkylation sites (tertiary alicyclic amines) is 1. The Morgan fingerprint density at radius 2 is 2.11 bits per heavy atom. The highest BCUT2D eigenvalue weighted by Crippen LogP contribution is 2.35. The van der Waals surface area contributed by atoms with Gasteiger partial charge in [-0.15, -0.1) is 0 Å². The first-order valence-electron chi connectivity index (χ1n) is 5.95. The van der Waals surface area contributed by atoms with E-state index in [-0.39, 0.29) is 19.4 Å². The molecule has 1 amide bonds. The van der Waals surface area contributed by atoms with Gasteiger partial charge in [-0.05, 0) is 27.2 Å². The van der Waals surface area contributed by atoms with Crippen molar-refractivity contribution in [3.8, 4) is 0 Å². The second-order valence-corrected chi connectivity index (χ2v) is 5.55. The number of halogens is 2. The predicted octanol–water partition coefficient (Wildman–Crippen LogP) is 2.47. The molecule has 1 saturated heterocycles. The number of rotatable bonds is 2. The molecule has 0 radical (unpaired) electrons. The van der Waals surface area contributed by atoms with E-state index in [1.54, 1.807) is 20.8 Å². The highest BCUT2D eigenvalue weighted by molar-refractivity contribution is 5.68. The molecule has 1 unspecified atom stereocenters. The van der Waals surface area contributed by atoms with Crippen LogP contribution < -0.4 is 0 Å². The van der Waals surface area contributed by atoms with Crippen LogP contribution in [0, 0.1) is 5.92 Å². The number of piperidine rings is 1. The first-order valence-corrected chi connectivity index (χ1v) is 5.95. The van der Waals surface area contributed by atoms with Crippen LogP contribution in [0.4, 0.5) is 13.6 Å². The Kier molecular flexibility index (Phi) is 4.29. The van der Waals surface area contributed by atoms with Crippen LogP contribution in [-0.2, 0) is 9.53 Å². The average molecular weight is 263 g/mol. The van der Waals surface area contributed by atoms with E-state index < -0.39 is 30.1 Å². The van der Waals surface area contributed by atoms with Crippen LogP contribution in [0.3, 0.4) is 0 Å². The van der Waals surface area contributed by atoms with E-state index in [9.17, 15) is 18.4 Å². The Labute approximate surface area is 105 Å². The molecule has 1 aliphatic rings. The molecule has 0 bridgehead atoms. The molecule has 18 heavy (non-hydrogen) atoms. The fraction of sp³-hybridized carbons (Fsp3) is 0.833. The van der Waals surface area contributed by atoms with Gasteiger partial charge in [0.25, 0.3) is 5.92 Å². The normalized spacial score (nSPS) is 23.6. The quantitative estimate of drug-likeness (QED) is 0.719. The van der Waals surface area contributed by atoms with Crippen LogP contribution in [0.1, 0.15) is 33.6 Å². The molecule has 104 valence electrons. The summed E-state index contributed by atoms with van der Waals surface area (Å²) < 4.78 is 32.4. The van der Waals surface area contributed by atoms with Gasteiger partial charge in [0.05, 0.1) is 6.54 Å². The van der Waals surface area contributed by atoms with Gasteiger partial charge in [-0.3, -0.25) is 0 Å². The highest BCUT2D eigenvalue weighted by Gasteiger charge is 2.46. The maximum absolute atomic E-state index is 13.7. The van der Waals surface area contributed by atoms with E-state index >= 15 is 0 Å². The standard InChI is InChI=1S/C12H19F2NO3/c1-11(2,3)18-10(17)15-6-4-9(5-7-16)12(13,14)8-15/h7,9H,4-6,8H2,1-3H3. The molecule has 0 spiro atoms. The lowest BCUT2D eigenvalue weighted by atomic mass is 9.90. The molecule has 1 heterocycles. The predicted molar refractivity (Wildman–Crippen MR) is 61.5 cm³/mol. The number of hydrogen-bond acceptors (Lipinski definition) is 3. The Morgan fingerprint density at radius 1 is 1.50 bits per heavy atom. The first-order chi connectivity index (χ1) is 8.15. The molecule has 1 rings (SSSR count). The first kappa shape index (κ1) is 14.9. The van der Waals surface area contributed by atoms with Crippen molar-refractivity contribution in [3.05, 3.63) is 0 Å². The van der Waals surface area contributed by atoms with Gasteiger partial charge < -0.3 is 14.4 Å². The van der Waals surface area contributed by atoms with Gasteiger partial charge in [0.15, 0.2) is 0 Å². The van der Waals surface area contributed by atoms with Gasteiger partial charge in [0.2, 0.25) is 0 Å². The van der Waals surface area contributed by atoms with E-state index in [1.807, 2.05) is 0 Å². The number of carbonyl (C=O) groups excluding carboxylic acids is 2. The lowest BCUT2D eigenvalue weighted by molar-refractivity contribution is -0.125. The zero-order valence-electron chi connectivity index (χ0n) is 10.9. The number of aldehydes is 1. The minimum atomic E-state index is -3.03. The van der Waals surface area contributed by atoms with Crippen molar-refractivity contribution in [2.45, 2.75) is 45.1 Å². The van der Waals surface area contributed by atoms with Gasteiger partial charge >= 0.3 is 6.09 Å². The van der Waals surface area contributed by atoms with E-state index in [0.29, 0.717) is 6.29 Å². The number of nitrogens with zero attached hydrogens (tertiary/aromatic N) is 1. The van der Waals surface area contributed by atoms with Gasteiger partial charge in [0.1, 0.15) is 11.9 Å². The number of amides is 1. The Balaban J connectivity index is 2.63. The van der Waals surface area contributed by atoms with Gasteiger partial charge in [-0.25, -0.2) is 13.6 Å². The van der Waals surface area contributed by atoms with Crippen LogP contribution in [0.15, 0.2) is 0 Å². The van der Waals surface area contributed by atoms with Crippen LogP contribution in [0.25, 0.3) is 0 Å². The van der Waals surface area contributed by atoms with Crippen LogP contribution in [-0.4, -0.2) is 41.9 Å². The van der Waals surface area contributed by atoms with Crippen molar-refractivity contribution >= 4 is 12.4 Å². The van der Waals surface area contributed by atoms with Crippen molar-refractivity contribution in [2.75, 3.05) is 13.1 Å². The molecule has 1 atom stereocenters. The second kappa shape index (κ2) is 5.20. The zero-order valence-corrected chi connectivity index (χ0v) is 10.9. The number of hydrogen-bond donors (Lipinski definition) is 0. The van der Waals surface area contributed by atoms with Crippen LogP contribution in [0.2, 0.25) is 0 Å². The van der Waals surface area contributed by atoms with E-state index in [0.717, 1.165) is 4.90 Å².